The first-order valence-electron chi connectivity index (χ1n) is 8.13. The minimum Gasteiger partial charge on any atom is -0.545 e. The molecule has 0 unspecified atom stereocenters. The number of aromatic carboxylic acids is 1. The Morgan fingerprint density at radius 3 is 2.70 bits per heavy atom. The number of hydrogen-bond donors (Lipinski definition) is 1. The molecule has 3 aromatic rings. The number of aromatic nitrogens is 1. The molecule has 0 amide bonds. The number of thiazole rings is 1. The quantitative estimate of drug-likeness (QED) is 0.762. The van der Waals surface area contributed by atoms with E-state index in [9.17, 15) is 15.0 Å². The third-order valence-corrected chi connectivity index (χ3v) is 5.27. The summed E-state index contributed by atoms with van der Waals surface area (Å²) in [6.07, 6.45) is 3.66. The van der Waals surface area contributed by atoms with Gasteiger partial charge in [-0.25, -0.2) is 4.99 Å². The Kier molecular flexibility index (Phi) is 4.21. The lowest BCUT2D eigenvalue weighted by Gasteiger charge is -2.01. The van der Waals surface area contributed by atoms with Gasteiger partial charge < -0.3 is 15.0 Å². The van der Waals surface area contributed by atoms with Crippen LogP contribution in [0.1, 0.15) is 20.8 Å². The van der Waals surface area contributed by atoms with Gasteiger partial charge in [0.15, 0.2) is 4.80 Å². The van der Waals surface area contributed by atoms with Gasteiger partial charge in [0.05, 0.1) is 22.2 Å². The first kappa shape index (κ1) is 17.0. The predicted molar refractivity (Wildman–Crippen MR) is 103 cm³/mol. The number of aliphatic imine (C=N–C) groups is 1. The number of para-hydroxylation sites is 1. The summed E-state index contributed by atoms with van der Waals surface area (Å²) in [6, 6.07) is 13.9. The third-order valence-electron chi connectivity index (χ3n) is 4.20. The lowest BCUT2D eigenvalue weighted by Crippen LogP contribution is -2.21. The van der Waals surface area contributed by atoms with Crippen LogP contribution in [0, 0.1) is 0 Å². The Labute approximate surface area is 158 Å². The van der Waals surface area contributed by atoms with Crippen molar-refractivity contribution in [1.29, 1.82) is 0 Å². The first-order valence-corrected chi connectivity index (χ1v) is 8.94. The van der Waals surface area contributed by atoms with Gasteiger partial charge in [0.2, 0.25) is 5.88 Å². The van der Waals surface area contributed by atoms with Crippen LogP contribution in [0.25, 0.3) is 11.6 Å². The van der Waals surface area contributed by atoms with Crippen LogP contribution in [0.5, 0.6) is 5.88 Å². The molecule has 0 radical (unpaired) electrons. The largest absolute Gasteiger partial charge is 0.545 e. The number of carbonyl (C=O) groups excluding carboxylic acids is 1. The molecule has 134 valence electrons. The zero-order chi connectivity index (χ0) is 19.0. The lowest BCUT2D eigenvalue weighted by atomic mass is 10.1. The second-order valence-electron chi connectivity index (χ2n) is 5.95. The number of carbonyl (C=O) groups is 1. The van der Waals surface area contributed by atoms with Crippen LogP contribution >= 0.6 is 11.3 Å². The van der Waals surface area contributed by atoms with Crippen molar-refractivity contribution in [2.75, 3.05) is 0 Å². The Balaban J connectivity index is 1.73. The highest BCUT2D eigenvalue weighted by Crippen LogP contribution is 2.34. The number of carboxylic acids is 1. The molecular weight excluding hydrogens is 362 g/mol. The van der Waals surface area contributed by atoms with Crippen LogP contribution < -0.4 is 9.91 Å². The second kappa shape index (κ2) is 6.69. The number of nitrogens with zero attached hydrogens (tertiary/aromatic N) is 3. The average Bonchev–Trinajstić information content (AvgIpc) is 3.19. The van der Waals surface area contributed by atoms with Crippen molar-refractivity contribution in [1.82, 2.24) is 4.57 Å². The standard InChI is InChI=1S/C20H15N3O3S/c1-23-18(24)17(10-13-11-21-16-5-3-2-4-15(13)16)27-20(23)22-14-8-6-12(7-9-14)19(25)26/h2-11,24H,1H3,(H,25,26)/p-1. The molecule has 0 fully saturated rings. The number of fused-ring (bicyclic) bond motifs is 1. The summed E-state index contributed by atoms with van der Waals surface area (Å²) in [5, 5.41) is 21.3. The minimum absolute atomic E-state index is 0.0944. The molecule has 0 bridgehead atoms. The maximum Gasteiger partial charge on any atom is 0.210 e. The summed E-state index contributed by atoms with van der Waals surface area (Å²) in [5.74, 6) is -1.12. The summed E-state index contributed by atoms with van der Waals surface area (Å²) < 4.78 is 1.59. The van der Waals surface area contributed by atoms with Crippen LogP contribution in [0.2, 0.25) is 0 Å². The number of rotatable bonds is 3. The van der Waals surface area contributed by atoms with E-state index in [2.05, 4.69) is 9.98 Å². The fourth-order valence-corrected chi connectivity index (χ4v) is 3.72. The normalized spacial score (nSPS) is 14.7. The summed E-state index contributed by atoms with van der Waals surface area (Å²) in [7, 11) is 1.72. The predicted octanol–water partition coefficient (Wildman–Crippen LogP) is 2.64. The summed E-state index contributed by atoms with van der Waals surface area (Å²) >= 11 is 1.33. The highest BCUT2D eigenvalue weighted by molar-refractivity contribution is 7.10. The van der Waals surface area contributed by atoms with Gasteiger partial charge in [-0.05, 0) is 29.8 Å². The summed E-state index contributed by atoms with van der Waals surface area (Å²) in [5.41, 5.74) is 3.53. The second-order valence-corrected chi connectivity index (χ2v) is 6.96. The van der Waals surface area contributed by atoms with Gasteiger partial charge in [0.25, 0.3) is 0 Å². The van der Waals surface area contributed by atoms with Gasteiger partial charge in [-0.1, -0.05) is 41.7 Å². The average molecular weight is 376 g/mol. The van der Waals surface area contributed by atoms with E-state index in [4.69, 9.17) is 0 Å². The topological polar surface area (TPSA) is 90.0 Å². The number of aromatic hydroxyl groups is 1. The van der Waals surface area contributed by atoms with E-state index < -0.39 is 5.97 Å². The summed E-state index contributed by atoms with van der Waals surface area (Å²) in [6.45, 7) is 0. The molecule has 1 N–H and O–H groups in total. The van der Waals surface area contributed by atoms with E-state index in [1.54, 1.807) is 30.0 Å². The van der Waals surface area contributed by atoms with Crippen LogP contribution in [0.15, 0.2) is 58.5 Å². The van der Waals surface area contributed by atoms with Gasteiger partial charge in [0, 0.05) is 24.4 Å². The van der Waals surface area contributed by atoms with E-state index in [1.807, 2.05) is 30.3 Å². The van der Waals surface area contributed by atoms with Gasteiger partial charge in [-0.2, -0.15) is 0 Å². The number of allylic oxidation sites excluding steroid dienone is 1. The lowest BCUT2D eigenvalue weighted by molar-refractivity contribution is -0.255. The molecule has 1 aliphatic rings. The van der Waals surface area contributed by atoms with E-state index in [1.165, 1.54) is 23.5 Å². The fourth-order valence-electron chi connectivity index (χ4n) is 2.74. The molecule has 0 atom stereocenters. The first-order chi connectivity index (χ1) is 13.0. The smallest absolute Gasteiger partial charge is 0.210 e. The molecule has 1 aliphatic heterocycles. The van der Waals surface area contributed by atoms with Gasteiger partial charge >= 0.3 is 0 Å². The van der Waals surface area contributed by atoms with Gasteiger partial charge in [-0.3, -0.25) is 9.56 Å². The highest BCUT2D eigenvalue weighted by atomic mass is 32.1. The van der Waals surface area contributed by atoms with Crippen LogP contribution in [0.3, 0.4) is 0 Å². The molecule has 7 heteroatoms. The summed E-state index contributed by atoms with van der Waals surface area (Å²) in [4.78, 5) is 20.9. The Morgan fingerprint density at radius 2 is 1.96 bits per heavy atom. The Morgan fingerprint density at radius 1 is 1.22 bits per heavy atom. The molecule has 0 spiro atoms. The number of benzene rings is 2. The molecule has 1 aromatic heterocycles. The van der Waals surface area contributed by atoms with Crippen molar-refractivity contribution >= 4 is 46.5 Å². The van der Waals surface area contributed by atoms with Crippen molar-refractivity contribution in [3.63, 3.8) is 0 Å². The van der Waals surface area contributed by atoms with E-state index in [-0.39, 0.29) is 11.4 Å². The number of carboxylic acid groups (broad SMARTS) is 1. The maximum absolute atomic E-state index is 10.8. The van der Waals surface area contributed by atoms with Gasteiger partial charge in [-0.15, -0.1) is 0 Å². The van der Waals surface area contributed by atoms with Crippen LogP contribution in [-0.4, -0.2) is 21.9 Å². The van der Waals surface area contributed by atoms with Crippen molar-refractivity contribution in [2.45, 2.75) is 0 Å². The van der Waals surface area contributed by atoms with Crippen LogP contribution in [0.4, 0.5) is 11.4 Å². The molecule has 4 rings (SSSR count). The van der Waals surface area contributed by atoms with Crippen molar-refractivity contribution in [3.8, 4) is 5.88 Å². The highest BCUT2D eigenvalue weighted by Gasteiger charge is 2.14. The third kappa shape index (κ3) is 3.20. The van der Waals surface area contributed by atoms with E-state index >= 15 is 0 Å². The zero-order valence-electron chi connectivity index (χ0n) is 14.3. The molecule has 27 heavy (non-hydrogen) atoms. The number of hydrogen-bond acceptors (Lipinski definition) is 6. The van der Waals surface area contributed by atoms with Crippen molar-refractivity contribution < 1.29 is 15.0 Å². The molecular formula is C20H14N3O3S-. The minimum atomic E-state index is -1.23. The SMILES string of the molecule is Cn1c(O)c(C=C2C=Nc3ccccc32)sc1=Nc1ccc(C(=O)[O-])cc1. The fraction of sp³-hybridized carbons (Fsp3) is 0.0500. The zero-order valence-corrected chi connectivity index (χ0v) is 15.1. The molecule has 0 saturated heterocycles. The van der Waals surface area contributed by atoms with E-state index in [0.717, 1.165) is 16.8 Å². The Bertz CT molecular complexity index is 1170. The molecule has 0 aliphatic carbocycles. The maximum atomic E-state index is 10.8. The monoisotopic (exact) mass is 376 g/mol. The van der Waals surface area contributed by atoms with Crippen molar-refractivity contribution in [3.05, 3.63) is 69.3 Å². The van der Waals surface area contributed by atoms with E-state index in [0.29, 0.717) is 15.4 Å². The van der Waals surface area contributed by atoms with Crippen LogP contribution in [-0.2, 0) is 7.05 Å². The molecule has 2 heterocycles. The molecule has 0 saturated carbocycles. The molecule has 2 aromatic carbocycles. The van der Waals surface area contributed by atoms with Crippen molar-refractivity contribution in [2.24, 2.45) is 17.0 Å². The molecule has 6 nitrogen and oxygen atoms in total. The van der Waals surface area contributed by atoms with Gasteiger partial charge in [0.1, 0.15) is 0 Å². The Hall–Kier alpha value is -3.45.